The standard InChI is InChI=1S/C9H15N3O2S/c1-7(9-2-4-10-12-9)11-8-3-5-15(13,14)6-8/h2,4,7-8,11H,3,5-6H2,1H3,(H,10,12). The van der Waals surface area contributed by atoms with E-state index in [4.69, 9.17) is 0 Å². The molecule has 0 aromatic carbocycles. The predicted octanol–water partition coefficient (Wildman–Crippen LogP) is 0.247. The minimum atomic E-state index is -2.80. The Bertz CT molecular complexity index is 413. The lowest BCUT2D eigenvalue weighted by Gasteiger charge is -2.16. The molecule has 2 heterocycles. The van der Waals surface area contributed by atoms with Gasteiger partial charge in [0.15, 0.2) is 9.84 Å². The number of nitrogens with zero attached hydrogens (tertiary/aromatic N) is 1. The Morgan fingerprint density at radius 2 is 2.47 bits per heavy atom. The van der Waals surface area contributed by atoms with E-state index in [-0.39, 0.29) is 17.8 Å². The lowest BCUT2D eigenvalue weighted by molar-refractivity contribution is 0.477. The largest absolute Gasteiger partial charge is 0.305 e. The van der Waals surface area contributed by atoms with Crippen molar-refractivity contribution in [1.29, 1.82) is 0 Å². The van der Waals surface area contributed by atoms with Crippen molar-refractivity contribution < 1.29 is 8.42 Å². The van der Waals surface area contributed by atoms with E-state index in [2.05, 4.69) is 15.5 Å². The van der Waals surface area contributed by atoms with Gasteiger partial charge >= 0.3 is 0 Å². The molecule has 1 aromatic heterocycles. The van der Waals surface area contributed by atoms with Gasteiger partial charge in [-0.3, -0.25) is 5.10 Å². The zero-order valence-electron chi connectivity index (χ0n) is 8.60. The number of aromatic amines is 1. The van der Waals surface area contributed by atoms with Crippen LogP contribution in [0.5, 0.6) is 0 Å². The first-order valence-corrected chi connectivity index (χ1v) is 6.85. The Morgan fingerprint density at radius 3 is 3.00 bits per heavy atom. The Kier molecular flexibility index (Phi) is 2.79. The fraction of sp³-hybridized carbons (Fsp3) is 0.667. The topological polar surface area (TPSA) is 74.8 Å². The van der Waals surface area contributed by atoms with Gasteiger partial charge in [-0.2, -0.15) is 5.10 Å². The molecule has 1 aliphatic rings. The van der Waals surface area contributed by atoms with Crippen LogP contribution in [-0.2, 0) is 9.84 Å². The molecule has 2 rings (SSSR count). The zero-order chi connectivity index (χ0) is 10.9. The number of aromatic nitrogens is 2. The summed E-state index contributed by atoms with van der Waals surface area (Å²) in [6.45, 7) is 2.00. The zero-order valence-corrected chi connectivity index (χ0v) is 9.42. The van der Waals surface area contributed by atoms with Crippen LogP contribution in [0.2, 0.25) is 0 Å². The summed E-state index contributed by atoms with van der Waals surface area (Å²) in [4.78, 5) is 0. The van der Waals surface area contributed by atoms with Gasteiger partial charge in [-0.05, 0) is 19.4 Å². The van der Waals surface area contributed by atoms with Crippen LogP contribution in [-0.4, -0.2) is 36.2 Å². The highest BCUT2D eigenvalue weighted by Crippen LogP contribution is 2.16. The summed E-state index contributed by atoms with van der Waals surface area (Å²) in [6.07, 6.45) is 2.40. The summed E-state index contributed by atoms with van der Waals surface area (Å²) in [6, 6.07) is 2.08. The van der Waals surface area contributed by atoms with Crippen LogP contribution >= 0.6 is 0 Å². The highest BCUT2D eigenvalue weighted by Gasteiger charge is 2.28. The summed E-state index contributed by atoms with van der Waals surface area (Å²) in [5, 5.41) is 10.0. The summed E-state index contributed by atoms with van der Waals surface area (Å²) < 4.78 is 22.5. The SMILES string of the molecule is CC(NC1CCS(=O)(=O)C1)c1ccn[nH]1. The summed E-state index contributed by atoms with van der Waals surface area (Å²) in [5.74, 6) is 0.561. The minimum Gasteiger partial charge on any atom is -0.305 e. The molecule has 15 heavy (non-hydrogen) atoms. The molecule has 0 saturated carbocycles. The highest BCUT2D eigenvalue weighted by molar-refractivity contribution is 7.91. The van der Waals surface area contributed by atoms with Crippen LogP contribution in [0.15, 0.2) is 12.3 Å². The maximum absolute atomic E-state index is 11.2. The first kappa shape index (κ1) is 10.6. The Hall–Kier alpha value is -0.880. The molecule has 2 N–H and O–H groups in total. The van der Waals surface area contributed by atoms with Crippen LogP contribution in [0, 0.1) is 0 Å². The van der Waals surface area contributed by atoms with E-state index >= 15 is 0 Å². The molecule has 5 nitrogen and oxygen atoms in total. The van der Waals surface area contributed by atoms with E-state index in [1.165, 1.54) is 0 Å². The first-order chi connectivity index (χ1) is 7.07. The normalized spacial score (nSPS) is 26.6. The van der Waals surface area contributed by atoms with E-state index in [0.29, 0.717) is 12.2 Å². The molecule has 0 spiro atoms. The van der Waals surface area contributed by atoms with Gasteiger partial charge in [0.2, 0.25) is 0 Å². The van der Waals surface area contributed by atoms with E-state index in [0.717, 1.165) is 5.69 Å². The molecule has 0 radical (unpaired) electrons. The number of nitrogens with one attached hydrogen (secondary N) is 2. The van der Waals surface area contributed by atoms with Crippen LogP contribution in [0.4, 0.5) is 0 Å². The molecular weight excluding hydrogens is 214 g/mol. The summed E-state index contributed by atoms with van der Waals surface area (Å²) in [7, 11) is -2.80. The number of sulfone groups is 1. The molecule has 2 atom stereocenters. The maximum atomic E-state index is 11.2. The van der Waals surface area contributed by atoms with Crippen molar-refractivity contribution >= 4 is 9.84 Å². The van der Waals surface area contributed by atoms with Gasteiger partial charge in [0.25, 0.3) is 0 Å². The van der Waals surface area contributed by atoms with E-state index in [1.54, 1.807) is 6.20 Å². The predicted molar refractivity (Wildman–Crippen MR) is 57.2 cm³/mol. The third kappa shape index (κ3) is 2.57. The maximum Gasteiger partial charge on any atom is 0.151 e. The molecule has 84 valence electrons. The van der Waals surface area contributed by atoms with Crippen molar-refractivity contribution in [3.63, 3.8) is 0 Å². The van der Waals surface area contributed by atoms with Crippen molar-refractivity contribution in [2.75, 3.05) is 11.5 Å². The quantitative estimate of drug-likeness (QED) is 0.779. The second kappa shape index (κ2) is 3.94. The van der Waals surface area contributed by atoms with Gasteiger partial charge in [0.1, 0.15) is 0 Å². The lowest BCUT2D eigenvalue weighted by Crippen LogP contribution is -2.32. The van der Waals surface area contributed by atoms with Crippen molar-refractivity contribution in [2.24, 2.45) is 0 Å². The molecule has 6 heteroatoms. The third-order valence-corrected chi connectivity index (χ3v) is 4.47. The van der Waals surface area contributed by atoms with Gasteiger partial charge < -0.3 is 5.32 Å². The second-order valence-corrected chi connectivity index (χ2v) is 6.23. The molecule has 1 aliphatic heterocycles. The van der Waals surface area contributed by atoms with Crippen molar-refractivity contribution in [1.82, 2.24) is 15.5 Å². The molecule has 2 unspecified atom stereocenters. The molecule has 1 aromatic rings. The average Bonchev–Trinajstić information content (AvgIpc) is 2.74. The smallest absolute Gasteiger partial charge is 0.151 e. The second-order valence-electron chi connectivity index (χ2n) is 4.00. The minimum absolute atomic E-state index is 0.0771. The summed E-state index contributed by atoms with van der Waals surface area (Å²) >= 11 is 0. The van der Waals surface area contributed by atoms with E-state index in [1.807, 2.05) is 13.0 Å². The molecule has 0 amide bonds. The Morgan fingerprint density at radius 1 is 1.67 bits per heavy atom. The highest BCUT2D eigenvalue weighted by atomic mass is 32.2. The number of hydrogen-bond donors (Lipinski definition) is 2. The monoisotopic (exact) mass is 229 g/mol. The lowest BCUT2D eigenvalue weighted by atomic mass is 10.2. The van der Waals surface area contributed by atoms with Gasteiger partial charge in [0.05, 0.1) is 17.2 Å². The molecule has 1 fully saturated rings. The van der Waals surface area contributed by atoms with Crippen LogP contribution < -0.4 is 5.32 Å². The van der Waals surface area contributed by atoms with Gasteiger partial charge in [-0.25, -0.2) is 8.42 Å². The number of rotatable bonds is 3. The molecular formula is C9H15N3O2S. The Labute approximate surface area is 89.2 Å². The average molecular weight is 229 g/mol. The van der Waals surface area contributed by atoms with Crippen LogP contribution in [0.1, 0.15) is 25.1 Å². The van der Waals surface area contributed by atoms with Gasteiger partial charge in [-0.1, -0.05) is 0 Å². The molecule has 0 aliphatic carbocycles. The number of H-pyrrole nitrogens is 1. The van der Waals surface area contributed by atoms with E-state index < -0.39 is 9.84 Å². The Balaban J connectivity index is 1.94. The van der Waals surface area contributed by atoms with Gasteiger partial charge in [-0.15, -0.1) is 0 Å². The molecule has 0 bridgehead atoms. The van der Waals surface area contributed by atoms with Crippen LogP contribution in [0.3, 0.4) is 0 Å². The fourth-order valence-electron chi connectivity index (χ4n) is 1.88. The van der Waals surface area contributed by atoms with Gasteiger partial charge in [0, 0.05) is 18.3 Å². The fourth-order valence-corrected chi connectivity index (χ4v) is 3.56. The molecule has 1 saturated heterocycles. The summed E-state index contributed by atoms with van der Waals surface area (Å²) in [5.41, 5.74) is 0.985. The van der Waals surface area contributed by atoms with Crippen molar-refractivity contribution in [3.05, 3.63) is 18.0 Å². The van der Waals surface area contributed by atoms with Crippen LogP contribution in [0.25, 0.3) is 0 Å². The number of hydrogen-bond acceptors (Lipinski definition) is 4. The first-order valence-electron chi connectivity index (χ1n) is 5.02. The van der Waals surface area contributed by atoms with Crippen molar-refractivity contribution in [3.8, 4) is 0 Å². The van der Waals surface area contributed by atoms with E-state index in [9.17, 15) is 8.42 Å². The third-order valence-electron chi connectivity index (χ3n) is 2.71. The van der Waals surface area contributed by atoms with Crippen molar-refractivity contribution in [2.45, 2.75) is 25.4 Å².